The third kappa shape index (κ3) is 6.17. The molecule has 10 heteroatoms. The Labute approximate surface area is 202 Å². The molecule has 0 heterocycles. The molecule has 7 nitrogen and oxygen atoms in total. The molecule has 0 fully saturated rings. The number of amides is 1. The average molecular weight is 509 g/mol. The lowest BCUT2D eigenvalue weighted by Gasteiger charge is -2.20. The number of carbonyl (C=O) groups excluding carboxylic acids is 1. The number of benzene rings is 3. The largest absolute Gasteiger partial charge is 0.493 e. The Morgan fingerprint density at radius 2 is 1.64 bits per heavy atom. The van der Waals surface area contributed by atoms with E-state index < -0.39 is 22.0 Å². The predicted molar refractivity (Wildman–Crippen MR) is 129 cm³/mol. The summed E-state index contributed by atoms with van der Waals surface area (Å²) in [5.41, 5.74) is 1.04. The number of anilines is 1. The van der Waals surface area contributed by atoms with E-state index >= 15 is 0 Å². The van der Waals surface area contributed by atoms with Gasteiger partial charge in [0.25, 0.3) is 0 Å². The van der Waals surface area contributed by atoms with Gasteiger partial charge in [-0.25, -0.2) is 8.42 Å². The summed E-state index contributed by atoms with van der Waals surface area (Å²) in [6, 6.07) is 16.9. The first-order chi connectivity index (χ1) is 15.7. The van der Waals surface area contributed by atoms with Gasteiger partial charge in [0.2, 0.25) is 15.9 Å². The van der Waals surface area contributed by atoms with Crippen molar-refractivity contribution in [1.82, 2.24) is 4.72 Å². The van der Waals surface area contributed by atoms with E-state index in [1.165, 1.54) is 32.4 Å². The van der Waals surface area contributed by atoms with Gasteiger partial charge in [0.15, 0.2) is 11.5 Å². The fourth-order valence-corrected chi connectivity index (χ4v) is 4.66. The van der Waals surface area contributed by atoms with Crippen molar-refractivity contribution in [3.05, 3.63) is 82.3 Å². The highest BCUT2D eigenvalue weighted by Gasteiger charge is 2.27. The maximum atomic E-state index is 13.1. The van der Waals surface area contributed by atoms with Gasteiger partial charge in [-0.3, -0.25) is 4.79 Å². The Morgan fingerprint density at radius 3 is 2.30 bits per heavy atom. The molecule has 0 aliphatic rings. The minimum absolute atomic E-state index is 0.0770. The van der Waals surface area contributed by atoms with Crippen molar-refractivity contribution in [3.63, 3.8) is 0 Å². The summed E-state index contributed by atoms with van der Waals surface area (Å²) in [7, 11) is -1.24. The van der Waals surface area contributed by atoms with Crippen LogP contribution in [0.5, 0.6) is 11.5 Å². The molecule has 3 aromatic rings. The zero-order valence-corrected chi connectivity index (χ0v) is 20.2. The summed E-state index contributed by atoms with van der Waals surface area (Å²) in [4.78, 5) is 13.1. The van der Waals surface area contributed by atoms with Crippen molar-refractivity contribution in [2.24, 2.45) is 0 Å². The molecule has 0 saturated heterocycles. The Bertz CT molecular complexity index is 1240. The Morgan fingerprint density at radius 1 is 0.939 bits per heavy atom. The Hall–Kier alpha value is -2.78. The van der Waals surface area contributed by atoms with E-state index in [4.69, 9.17) is 32.7 Å². The van der Waals surface area contributed by atoms with E-state index in [9.17, 15) is 13.2 Å². The van der Waals surface area contributed by atoms with Crippen LogP contribution < -0.4 is 19.5 Å². The van der Waals surface area contributed by atoms with Crippen LogP contribution in [0.3, 0.4) is 0 Å². The maximum Gasteiger partial charge on any atom is 0.242 e. The highest BCUT2D eigenvalue weighted by atomic mass is 35.5. The summed E-state index contributed by atoms with van der Waals surface area (Å²) >= 11 is 12.2. The van der Waals surface area contributed by atoms with Gasteiger partial charge in [-0.05, 0) is 36.2 Å². The van der Waals surface area contributed by atoms with Gasteiger partial charge in [0, 0.05) is 6.07 Å². The quantitative estimate of drug-likeness (QED) is 0.442. The van der Waals surface area contributed by atoms with Crippen molar-refractivity contribution >= 4 is 44.8 Å². The van der Waals surface area contributed by atoms with E-state index in [1.54, 1.807) is 42.5 Å². The fraction of sp³-hybridized carbons (Fsp3) is 0.174. The lowest BCUT2D eigenvalue weighted by Crippen LogP contribution is -2.45. The second-order valence-electron chi connectivity index (χ2n) is 6.97. The smallest absolute Gasteiger partial charge is 0.242 e. The SMILES string of the molecule is COc1ccc(S(=O)(=O)N[C@H](Cc2ccccc2)C(=O)Nc2cccc(Cl)c2Cl)cc1OC. The van der Waals surface area contributed by atoms with E-state index in [0.717, 1.165) is 5.56 Å². The minimum atomic E-state index is -4.10. The molecular formula is C23H22Cl2N2O5S. The number of nitrogens with one attached hydrogen (secondary N) is 2. The molecule has 174 valence electrons. The molecule has 3 rings (SSSR count). The third-order valence-electron chi connectivity index (χ3n) is 4.77. The lowest BCUT2D eigenvalue weighted by atomic mass is 10.1. The van der Waals surface area contributed by atoms with Crippen LogP contribution in [0.2, 0.25) is 10.0 Å². The molecule has 0 spiro atoms. The molecule has 0 aliphatic heterocycles. The van der Waals surface area contributed by atoms with Gasteiger partial charge in [-0.2, -0.15) is 4.72 Å². The van der Waals surface area contributed by atoms with Gasteiger partial charge < -0.3 is 14.8 Å². The molecule has 1 amide bonds. The molecule has 0 radical (unpaired) electrons. The number of rotatable bonds is 9. The first-order valence-corrected chi connectivity index (χ1v) is 12.0. The van der Waals surface area contributed by atoms with Crippen LogP contribution in [0, 0.1) is 0 Å². The van der Waals surface area contributed by atoms with Crippen molar-refractivity contribution in [1.29, 1.82) is 0 Å². The Balaban J connectivity index is 1.92. The molecule has 0 aliphatic carbocycles. The van der Waals surface area contributed by atoms with Crippen molar-refractivity contribution in [3.8, 4) is 11.5 Å². The number of carbonyl (C=O) groups is 1. The number of hydrogen-bond donors (Lipinski definition) is 2. The highest BCUT2D eigenvalue weighted by Crippen LogP contribution is 2.31. The summed E-state index contributed by atoms with van der Waals surface area (Å²) in [6.07, 6.45) is 0.109. The second kappa shape index (κ2) is 10.9. The molecular weight excluding hydrogens is 487 g/mol. The predicted octanol–water partition coefficient (Wildman–Crippen LogP) is 4.54. The zero-order chi connectivity index (χ0) is 24.0. The van der Waals surface area contributed by atoms with Crippen molar-refractivity contribution in [2.75, 3.05) is 19.5 Å². The third-order valence-corrected chi connectivity index (χ3v) is 7.06. The molecule has 33 heavy (non-hydrogen) atoms. The van der Waals surface area contributed by atoms with Gasteiger partial charge in [-0.1, -0.05) is 59.6 Å². The number of halogens is 2. The molecule has 2 N–H and O–H groups in total. The van der Waals surface area contributed by atoms with Gasteiger partial charge in [0.1, 0.15) is 6.04 Å². The van der Waals surface area contributed by atoms with E-state index in [-0.39, 0.29) is 32.8 Å². The highest BCUT2D eigenvalue weighted by molar-refractivity contribution is 7.89. The number of methoxy groups -OCH3 is 2. The Kier molecular flexibility index (Phi) is 8.20. The molecule has 0 aromatic heterocycles. The first kappa shape index (κ1) is 24.9. The number of ether oxygens (including phenoxy) is 2. The van der Waals surface area contributed by atoms with Crippen molar-refractivity contribution < 1.29 is 22.7 Å². The van der Waals surface area contributed by atoms with Gasteiger partial charge in [-0.15, -0.1) is 0 Å². The van der Waals surface area contributed by atoms with Crippen LogP contribution in [0.1, 0.15) is 5.56 Å². The summed E-state index contributed by atoms with van der Waals surface area (Å²) in [5, 5.41) is 3.08. The normalized spacial score (nSPS) is 12.1. The lowest BCUT2D eigenvalue weighted by molar-refractivity contribution is -0.117. The number of hydrogen-bond acceptors (Lipinski definition) is 5. The van der Waals surface area contributed by atoms with E-state index in [1.807, 2.05) is 6.07 Å². The molecule has 0 unspecified atom stereocenters. The summed E-state index contributed by atoms with van der Waals surface area (Å²) < 4.78 is 39.1. The molecule has 0 bridgehead atoms. The van der Waals surface area contributed by atoms with Crippen LogP contribution in [-0.4, -0.2) is 34.6 Å². The topological polar surface area (TPSA) is 93.7 Å². The molecule has 0 saturated carbocycles. The van der Waals surface area contributed by atoms with E-state index in [2.05, 4.69) is 10.0 Å². The van der Waals surface area contributed by atoms with Crippen LogP contribution in [-0.2, 0) is 21.2 Å². The van der Waals surface area contributed by atoms with Gasteiger partial charge >= 0.3 is 0 Å². The fourth-order valence-electron chi connectivity index (χ4n) is 3.10. The first-order valence-electron chi connectivity index (χ1n) is 9.78. The van der Waals surface area contributed by atoms with Crippen LogP contribution in [0.25, 0.3) is 0 Å². The van der Waals surface area contributed by atoms with Crippen LogP contribution in [0.15, 0.2) is 71.6 Å². The minimum Gasteiger partial charge on any atom is -0.493 e. The van der Waals surface area contributed by atoms with Crippen LogP contribution in [0.4, 0.5) is 5.69 Å². The van der Waals surface area contributed by atoms with Crippen molar-refractivity contribution in [2.45, 2.75) is 17.4 Å². The summed E-state index contributed by atoms with van der Waals surface area (Å²) in [6.45, 7) is 0. The molecule has 1 atom stereocenters. The summed E-state index contributed by atoms with van der Waals surface area (Å²) in [5.74, 6) is 0.0350. The maximum absolute atomic E-state index is 13.1. The van der Waals surface area contributed by atoms with Crippen LogP contribution >= 0.6 is 23.2 Å². The van der Waals surface area contributed by atoms with Gasteiger partial charge in [0.05, 0.1) is 34.8 Å². The zero-order valence-electron chi connectivity index (χ0n) is 17.8. The molecule has 3 aromatic carbocycles. The standard InChI is InChI=1S/C23H22Cl2N2O5S/c1-31-20-12-11-16(14-21(20)32-2)33(29,30)27-19(13-15-7-4-3-5-8-15)23(28)26-18-10-6-9-17(24)22(18)25/h3-12,14,19,27H,13H2,1-2H3,(H,26,28)/t19-/m1/s1. The second-order valence-corrected chi connectivity index (χ2v) is 9.47. The van der Waals surface area contributed by atoms with E-state index in [0.29, 0.717) is 5.75 Å². The monoisotopic (exact) mass is 508 g/mol. The number of sulfonamides is 1. The average Bonchev–Trinajstić information content (AvgIpc) is 2.81.